The number of carbonyl (C=O) groups is 2. The van der Waals surface area contributed by atoms with Crippen LogP contribution in [0, 0.1) is 5.92 Å². The summed E-state index contributed by atoms with van der Waals surface area (Å²) in [6.07, 6.45) is 40.7. The molecule has 3 N–H and O–H groups in total. The highest BCUT2D eigenvalue weighted by molar-refractivity contribution is 5.70. The first-order valence-corrected chi connectivity index (χ1v) is 21.2. The second kappa shape index (κ2) is 38.5. The molecule has 0 amide bonds. The predicted octanol–water partition coefficient (Wildman–Crippen LogP) is 11.2. The van der Waals surface area contributed by atoms with Gasteiger partial charge in [-0.3, -0.25) is 9.59 Å². The zero-order valence-electron chi connectivity index (χ0n) is 33.7. The molecule has 52 heavy (non-hydrogen) atoms. The Morgan fingerprint density at radius 3 is 1.46 bits per heavy atom. The Balaban J connectivity index is 3.75. The van der Waals surface area contributed by atoms with Crippen LogP contribution in [0.1, 0.15) is 188 Å². The summed E-state index contributed by atoms with van der Waals surface area (Å²) in [5.41, 5.74) is 0. The monoisotopic (exact) mass is 733 g/mol. The molecule has 0 heterocycles. The fourth-order valence-electron chi connectivity index (χ4n) is 5.94. The van der Waals surface area contributed by atoms with Gasteiger partial charge in [0.2, 0.25) is 0 Å². The molecule has 0 aliphatic heterocycles. The number of esters is 2. The topological polar surface area (TPSA) is 113 Å². The fourth-order valence-corrected chi connectivity index (χ4v) is 5.94. The lowest BCUT2D eigenvalue weighted by Gasteiger charge is -2.17. The van der Waals surface area contributed by atoms with Crippen LogP contribution in [0.4, 0.5) is 0 Å². The van der Waals surface area contributed by atoms with E-state index in [1.54, 1.807) is 0 Å². The Morgan fingerprint density at radius 1 is 0.538 bits per heavy atom. The van der Waals surface area contributed by atoms with E-state index in [9.17, 15) is 24.9 Å². The molecule has 7 heteroatoms. The maximum atomic E-state index is 12.2. The number of allylic oxidation sites excluding steroid dienone is 7. The minimum absolute atomic E-state index is 0.0388. The zero-order valence-corrected chi connectivity index (χ0v) is 33.7. The van der Waals surface area contributed by atoms with Crippen molar-refractivity contribution in [2.45, 2.75) is 206 Å². The van der Waals surface area contributed by atoms with Gasteiger partial charge in [-0.15, -0.1) is 0 Å². The molecule has 7 nitrogen and oxygen atoms in total. The van der Waals surface area contributed by atoms with Gasteiger partial charge in [-0.1, -0.05) is 172 Å². The number of unbranched alkanes of at least 4 members (excludes halogenated alkanes) is 15. The molecule has 302 valence electrons. The summed E-state index contributed by atoms with van der Waals surface area (Å²) in [6, 6.07) is 0. The van der Waals surface area contributed by atoms with Crippen LogP contribution in [0.5, 0.6) is 0 Å². The van der Waals surface area contributed by atoms with Crippen molar-refractivity contribution in [1.82, 2.24) is 0 Å². The van der Waals surface area contributed by atoms with E-state index in [4.69, 9.17) is 9.47 Å². The number of rotatable bonds is 37. The fraction of sp³-hybridized carbons (Fsp3) is 0.778. The van der Waals surface area contributed by atoms with E-state index in [0.29, 0.717) is 19.3 Å². The molecule has 0 aliphatic carbocycles. The highest BCUT2D eigenvalue weighted by Gasteiger charge is 2.18. The molecule has 0 aliphatic rings. The maximum absolute atomic E-state index is 12.2. The van der Waals surface area contributed by atoms with Crippen molar-refractivity contribution < 1.29 is 34.4 Å². The molecular formula is C45H80O7. The van der Waals surface area contributed by atoms with Crippen LogP contribution in [0.25, 0.3) is 0 Å². The molecule has 0 aromatic carbocycles. The first-order valence-electron chi connectivity index (χ1n) is 21.2. The number of ether oxygens (including phenoxy) is 2. The van der Waals surface area contributed by atoms with Crippen molar-refractivity contribution in [3.8, 4) is 0 Å². The van der Waals surface area contributed by atoms with Crippen molar-refractivity contribution in [2.24, 2.45) is 5.92 Å². The second-order valence-corrected chi connectivity index (χ2v) is 14.8. The van der Waals surface area contributed by atoms with Gasteiger partial charge in [0.15, 0.2) is 6.10 Å². The third-order valence-electron chi connectivity index (χ3n) is 9.27. The largest absolute Gasteiger partial charge is 0.462 e. The number of aliphatic hydroxyl groups is 3. The first-order chi connectivity index (χ1) is 25.3. The highest BCUT2D eigenvalue weighted by Crippen LogP contribution is 2.16. The van der Waals surface area contributed by atoms with Crippen molar-refractivity contribution >= 4 is 11.9 Å². The standard InChI is InChI=1S/C45H80O7/c1-4-5-6-7-8-9-10-18-21-24-27-30-34-42(47)43(48)35-32-37-45(50)52-41(38-46)39-51-44(49)36-31-28-25-22-19-16-14-12-11-13-15-17-20-23-26-29-33-40(2)3/h5-6,8-9,18,21,27,30,40-43,46-48H,4,7,10-17,19-20,22-26,28-29,31-39H2,1-3H3/b6-5-,9-8-,21-18-,30-27-/t41-,42+,43+/m0/s1. The van der Waals surface area contributed by atoms with Gasteiger partial charge in [-0.05, 0) is 57.3 Å². The number of hydrogen-bond donors (Lipinski definition) is 3. The Hall–Kier alpha value is -2.22. The molecule has 0 aromatic heterocycles. The van der Waals surface area contributed by atoms with Crippen LogP contribution in [0.3, 0.4) is 0 Å². The molecule has 0 spiro atoms. The van der Waals surface area contributed by atoms with Gasteiger partial charge < -0.3 is 24.8 Å². The first kappa shape index (κ1) is 49.8. The van der Waals surface area contributed by atoms with Gasteiger partial charge >= 0.3 is 11.9 Å². The summed E-state index contributed by atoms with van der Waals surface area (Å²) in [5, 5.41) is 30.0. The lowest BCUT2D eigenvalue weighted by Crippen LogP contribution is -2.29. The lowest BCUT2D eigenvalue weighted by molar-refractivity contribution is -0.161. The van der Waals surface area contributed by atoms with Crippen LogP contribution < -0.4 is 0 Å². The van der Waals surface area contributed by atoms with E-state index >= 15 is 0 Å². The molecule has 0 rings (SSSR count). The maximum Gasteiger partial charge on any atom is 0.306 e. The molecule has 0 unspecified atom stereocenters. The molecule has 0 saturated carbocycles. The normalized spacial score (nSPS) is 14.0. The van der Waals surface area contributed by atoms with Crippen LogP contribution in [0.15, 0.2) is 48.6 Å². The average Bonchev–Trinajstić information content (AvgIpc) is 3.12. The van der Waals surface area contributed by atoms with Crippen molar-refractivity contribution in [3.05, 3.63) is 48.6 Å². The van der Waals surface area contributed by atoms with Gasteiger partial charge in [0.05, 0.1) is 18.8 Å². The van der Waals surface area contributed by atoms with Gasteiger partial charge in [0.25, 0.3) is 0 Å². The quantitative estimate of drug-likeness (QED) is 0.0331. The molecule has 3 atom stereocenters. The van der Waals surface area contributed by atoms with Gasteiger partial charge in [0, 0.05) is 12.8 Å². The molecule has 0 bridgehead atoms. The molecule has 0 fully saturated rings. The van der Waals surface area contributed by atoms with Crippen molar-refractivity contribution in [2.75, 3.05) is 13.2 Å². The van der Waals surface area contributed by atoms with Crippen LogP contribution in [0.2, 0.25) is 0 Å². The third kappa shape index (κ3) is 36.2. The summed E-state index contributed by atoms with van der Waals surface area (Å²) >= 11 is 0. The second-order valence-electron chi connectivity index (χ2n) is 14.8. The summed E-state index contributed by atoms with van der Waals surface area (Å²) < 4.78 is 10.5. The highest BCUT2D eigenvalue weighted by atomic mass is 16.6. The molecular weight excluding hydrogens is 652 g/mol. The summed E-state index contributed by atoms with van der Waals surface area (Å²) in [4.78, 5) is 24.4. The SMILES string of the molecule is CC/C=C\C/C=C\C/C=C\C/C=C\C[C@@H](O)[C@H](O)CCCC(=O)O[C@@H](CO)COC(=O)CCCCCCCCCCCCCCCCCCC(C)C. The van der Waals surface area contributed by atoms with E-state index in [-0.39, 0.29) is 25.4 Å². The van der Waals surface area contributed by atoms with Gasteiger partial charge in [0.1, 0.15) is 6.61 Å². The summed E-state index contributed by atoms with van der Waals surface area (Å²) in [6.45, 7) is 6.14. The van der Waals surface area contributed by atoms with Crippen LogP contribution >= 0.6 is 0 Å². The molecule has 0 radical (unpaired) electrons. The zero-order chi connectivity index (χ0) is 38.3. The summed E-state index contributed by atoms with van der Waals surface area (Å²) in [5.74, 6) is -0.0290. The Kier molecular flexibility index (Phi) is 36.9. The van der Waals surface area contributed by atoms with E-state index in [2.05, 4.69) is 57.2 Å². The van der Waals surface area contributed by atoms with Crippen LogP contribution in [-0.2, 0) is 19.1 Å². The number of aliphatic hydroxyl groups excluding tert-OH is 3. The van der Waals surface area contributed by atoms with E-state index in [1.165, 1.54) is 89.9 Å². The van der Waals surface area contributed by atoms with E-state index in [1.807, 2.05) is 12.2 Å². The van der Waals surface area contributed by atoms with Crippen molar-refractivity contribution in [3.63, 3.8) is 0 Å². The predicted molar refractivity (Wildman–Crippen MR) is 217 cm³/mol. The van der Waals surface area contributed by atoms with Gasteiger partial charge in [-0.2, -0.15) is 0 Å². The Labute approximate surface area is 319 Å². The number of carbonyl (C=O) groups excluding carboxylic acids is 2. The number of hydrogen-bond acceptors (Lipinski definition) is 7. The Morgan fingerprint density at radius 2 is 0.981 bits per heavy atom. The van der Waals surface area contributed by atoms with Gasteiger partial charge in [-0.25, -0.2) is 0 Å². The van der Waals surface area contributed by atoms with E-state index in [0.717, 1.165) is 50.9 Å². The minimum atomic E-state index is -0.946. The Bertz CT molecular complexity index is 923. The van der Waals surface area contributed by atoms with Crippen molar-refractivity contribution in [1.29, 1.82) is 0 Å². The molecule has 0 saturated heterocycles. The third-order valence-corrected chi connectivity index (χ3v) is 9.27. The van der Waals surface area contributed by atoms with E-state index < -0.39 is 30.9 Å². The minimum Gasteiger partial charge on any atom is -0.462 e. The average molecular weight is 733 g/mol. The lowest BCUT2D eigenvalue weighted by atomic mass is 10.0. The molecule has 0 aromatic rings. The smallest absolute Gasteiger partial charge is 0.306 e. The van der Waals surface area contributed by atoms with Crippen LogP contribution in [-0.4, -0.2) is 58.8 Å². The summed E-state index contributed by atoms with van der Waals surface area (Å²) in [7, 11) is 0.